The van der Waals surface area contributed by atoms with Crippen LogP contribution in [0.1, 0.15) is 103 Å². The van der Waals surface area contributed by atoms with Crippen LogP contribution in [0, 0.1) is 0 Å². The number of hydrogen-bond donors (Lipinski definition) is 1. The number of unbranched alkanes of at least 4 members (excludes halogenated alkanes) is 13. The quantitative estimate of drug-likeness (QED) is 0.207. The van der Waals surface area contributed by atoms with Gasteiger partial charge in [0.1, 0.15) is 5.38 Å². The maximum absolute atomic E-state index is 10.5. The molecule has 4 heteroatoms. The molecule has 22 heavy (non-hydrogen) atoms. The molecule has 0 fully saturated rings. The first-order chi connectivity index (χ1) is 10.2. The van der Waals surface area contributed by atoms with E-state index in [0.717, 1.165) is 12.8 Å². The van der Waals surface area contributed by atoms with Gasteiger partial charge in [0.05, 0.1) is 0 Å². The van der Waals surface area contributed by atoms with Crippen molar-refractivity contribution < 1.29 is 9.90 Å². The minimum atomic E-state index is -0.883. The average molecular weight is 342 g/mol. The van der Waals surface area contributed by atoms with Gasteiger partial charge < -0.3 is 5.11 Å². The van der Waals surface area contributed by atoms with Gasteiger partial charge in [-0.05, 0) is 6.42 Å². The van der Waals surface area contributed by atoms with Crippen molar-refractivity contribution >= 4 is 47.1 Å². The fourth-order valence-corrected chi connectivity index (χ4v) is 2.80. The molecule has 0 spiro atoms. The minimum absolute atomic E-state index is 0. The predicted octanol–water partition coefficient (Wildman–Crippen LogP) is 6.17. The predicted molar refractivity (Wildman–Crippen MR) is 98.0 cm³/mol. The molecule has 0 aliphatic heterocycles. The van der Waals surface area contributed by atoms with E-state index in [-0.39, 0.29) is 29.6 Å². The Morgan fingerprint density at radius 3 is 1.41 bits per heavy atom. The van der Waals surface area contributed by atoms with Gasteiger partial charge in [-0.25, -0.2) is 0 Å². The Morgan fingerprint density at radius 1 is 0.773 bits per heavy atom. The van der Waals surface area contributed by atoms with Gasteiger partial charge >= 0.3 is 5.97 Å². The van der Waals surface area contributed by atoms with E-state index in [1.807, 2.05) is 0 Å². The van der Waals surface area contributed by atoms with Gasteiger partial charge in [0.2, 0.25) is 0 Å². The van der Waals surface area contributed by atoms with Crippen molar-refractivity contribution in [1.29, 1.82) is 0 Å². The number of aliphatic carboxylic acids is 1. The summed E-state index contributed by atoms with van der Waals surface area (Å²) in [5.74, 6) is -0.883. The van der Waals surface area contributed by atoms with E-state index in [0.29, 0.717) is 6.42 Å². The maximum atomic E-state index is 10.5. The maximum Gasteiger partial charge on any atom is 0.321 e. The van der Waals surface area contributed by atoms with Gasteiger partial charge in [-0.1, -0.05) is 96.8 Å². The fourth-order valence-electron chi connectivity index (χ4n) is 2.64. The van der Waals surface area contributed by atoms with E-state index in [4.69, 9.17) is 16.7 Å². The van der Waals surface area contributed by atoms with E-state index >= 15 is 0 Å². The minimum Gasteiger partial charge on any atom is -0.480 e. The van der Waals surface area contributed by atoms with Crippen molar-refractivity contribution in [2.75, 3.05) is 0 Å². The van der Waals surface area contributed by atoms with Crippen molar-refractivity contribution in [3.63, 3.8) is 0 Å². The molecule has 0 amide bonds. The summed E-state index contributed by atoms with van der Waals surface area (Å²) in [5.41, 5.74) is 0. The summed E-state index contributed by atoms with van der Waals surface area (Å²) >= 11 is 5.67. The molecule has 127 valence electrons. The number of carboxylic acids is 1. The van der Waals surface area contributed by atoms with Crippen LogP contribution < -0.4 is 0 Å². The monoisotopic (exact) mass is 341 g/mol. The zero-order chi connectivity index (χ0) is 15.8. The Kier molecular flexibility index (Phi) is 22.5. The average Bonchev–Trinajstić information content (AvgIpc) is 2.47. The van der Waals surface area contributed by atoms with Gasteiger partial charge in [0.15, 0.2) is 0 Å². The zero-order valence-electron chi connectivity index (χ0n) is 14.9. The van der Waals surface area contributed by atoms with Gasteiger partial charge in [-0.2, -0.15) is 0 Å². The van der Waals surface area contributed by atoms with Crippen LogP contribution in [0.3, 0.4) is 0 Å². The summed E-state index contributed by atoms with van der Waals surface area (Å²) in [5, 5.41) is 7.96. The van der Waals surface area contributed by atoms with Crippen LogP contribution in [0.4, 0.5) is 0 Å². The molecule has 1 radical (unpaired) electrons. The van der Waals surface area contributed by atoms with Gasteiger partial charge in [-0.3, -0.25) is 4.79 Å². The van der Waals surface area contributed by atoms with E-state index in [9.17, 15) is 4.79 Å². The molecule has 0 aromatic heterocycles. The molecule has 1 unspecified atom stereocenters. The van der Waals surface area contributed by atoms with E-state index in [1.54, 1.807) is 0 Å². The molecule has 0 rings (SSSR count). The van der Waals surface area contributed by atoms with Gasteiger partial charge in [0, 0.05) is 29.6 Å². The van der Waals surface area contributed by atoms with E-state index < -0.39 is 11.3 Å². The Bertz CT molecular complexity index is 237. The first-order valence-electron chi connectivity index (χ1n) is 9.05. The Morgan fingerprint density at radius 2 is 1.09 bits per heavy atom. The fraction of sp³-hybridized carbons (Fsp3) is 0.944. The van der Waals surface area contributed by atoms with Crippen molar-refractivity contribution in [2.24, 2.45) is 0 Å². The zero-order valence-corrected chi connectivity index (χ0v) is 17.7. The van der Waals surface area contributed by atoms with Crippen molar-refractivity contribution in [2.45, 2.75) is 109 Å². The largest absolute Gasteiger partial charge is 0.480 e. The van der Waals surface area contributed by atoms with E-state index in [1.165, 1.54) is 77.0 Å². The normalized spacial score (nSPS) is 11.9. The molecule has 0 aliphatic carbocycles. The number of alkyl halides is 1. The first kappa shape index (κ1) is 25.0. The Labute approximate surface area is 165 Å². The van der Waals surface area contributed by atoms with Gasteiger partial charge in [-0.15, -0.1) is 11.6 Å². The smallest absolute Gasteiger partial charge is 0.321 e. The molecule has 0 aliphatic rings. The van der Waals surface area contributed by atoms with Crippen LogP contribution in [0.5, 0.6) is 0 Å². The summed E-state index contributed by atoms with van der Waals surface area (Å²) in [6, 6.07) is 0. The molecule has 0 heterocycles. The Balaban J connectivity index is 0. The summed E-state index contributed by atoms with van der Waals surface area (Å²) in [4.78, 5) is 10.5. The summed E-state index contributed by atoms with van der Waals surface area (Å²) in [6.07, 6.45) is 19.1. The molecule has 0 saturated heterocycles. The topological polar surface area (TPSA) is 37.3 Å². The third-order valence-electron chi connectivity index (χ3n) is 4.08. The molecular weight excluding hydrogens is 307 g/mol. The van der Waals surface area contributed by atoms with Crippen molar-refractivity contribution in [1.82, 2.24) is 0 Å². The Hall–Kier alpha value is 0.760. The summed E-state index contributed by atoms with van der Waals surface area (Å²) < 4.78 is 0. The van der Waals surface area contributed by atoms with Crippen molar-refractivity contribution in [3.8, 4) is 0 Å². The second kappa shape index (κ2) is 19.8. The van der Waals surface area contributed by atoms with E-state index in [2.05, 4.69) is 6.92 Å². The molecular formula is C18H35ClNaO2. The third kappa shape index (κ3) is 18.8. The first-order valence-corrected chi connectivity index (χ1v) is 9.49. The SMILES string of the molecule is CCCCCCCCCCCCCCCCC(Cl)C(=O)O.[Na]. The number of carbonyl (C=O) groups is 1. The summed E-state index contributed by atoms with van der Waals surface area (Å²) in [7, 11) is 0. The third-order valence-corrected chi connectivity index (χ3v) is 4.48. The second-order valence-electron chi connectivity index (χ2n) is 6.19. The van der Waals surface area contributed by atoms with Crippen LogP contribution in [-0.4, -0.2) is 46.0 Å². The van der Waals surface area contributed by atoms with Crippen LogP contribution in [0.2, 0.25) is 0 Å². The summed E-state index contributed by atoms with van der Waals surface area (Å²) in [6.45, 7) is 2.26. The van der Waals surface area contributed by atoms with Crippen LogP contribution in [0.25, 0.3) is 0 Å². The molecule has 1 atom stereocenters. The molecule has 0 aromatic carbocycles. The van der Waals surface area contributed by atoms with Crippen LogP contribution in [0.15, 0.2) is 0 Å². The number of halogens is 1. The van der Waals surface area contributed by atoms with Crippen LogP contribution in [-0.2, 0) is 4.79 Å². The molecule has 2 nitrogen and oxygen atoms in total. The van der Waals surface area contributed by atoms with Crippen molar-refractivity contribution in [3.05, 3.63) is 0 Å². The molecule has 0 bridgehead atoms. The number of hydrogen-bond acceptors (Lipinski definition) is 1. The molecule has 1 N–H and O–H groups in total. The second-order valence-corrected chi connectivity index (χ2v) is 6.72. The molecule has 0 saturated carbocycles. The number of rotatable bonds is 16. The number of carboxylic acid groups (broad SMARTS) is 1. The van der Waals surface area contributed by atoms with Crippen LogP contribution >= 0.6 is 11.6 Å². The van der Waals surface area contributed by atoms with Gasteiger partial charge in [0.25, 0.3) is 0 Å². The molecule has 0 aromatic rings. The standard InChI is InChI=1S/C18H35ClO2.Na/c1-2-3-4-5-6-7-8-9-10-11-12-13-14-15-16-17(19)18(20)21;/h17H,2-16H2,1H3,(H,20,21);.